The van der Waals surface area contributed by atoms with Crippen LogP contribution in [0.15, 0.2) is 24.3 Å². The number of carboxylic acid groups (broad SMARTS) is 1. The lowest BCUT2D eigenvalue weighted by Gasteiger charge is -2.30. The fourth-order valence-electron chi connectivity index (χ4n) is 2.17. The molecule has 0 aromatic heterocycles. The number of para-hydroxylation sites is 1. The molecule has 7 heteroatoms. The molecule has 2 atom stereocenters. The molecule has 120 valence electrons. The highest BCUT2D eigenvalue weighted by Crippen LogP contribution is 2.44. The Morgan fingerprint density at radius 2 is 1.95 bits per heavy atom. The highest BCUT2D eigenvalue weighted by molar-refractivity contribution is 7.99. The first-order chi connectivity index (χ1) is 10.2. The Bertz CT molecular complexity index is 584. The van der Waals surface area contributed by atoms with E-state index in [1.54, 1.807) is 39.0 Å². The van der Waals surface area contributed by atoms with Crippen molar-refractivity contribution in [3.05, 3.63) is 29.8 Å². The lowest BCUT2D eigenvalue weighted by Crippen LogP contribution is -2.45. The highest BCUT2D eigenvalue weighted by atomic mass is 32.2. The summed E-state index contributed by atoms with van der Waals surface area (Å²) in [5.41, 5.74) is -0.224. The van der Waals surface area contributed by atoms with Crippen molar-refractivity contribution in [1.82, 2.24) is 4.90 Å². The molecule has 1 saturated heterocycles. The Morgan fingerprint density at radius 1 is 1.32 bits per heavy atom. The van der Waals surface area contributed by atoms with Crippen molar-refractivity contribution in [3.8, 4) is 5.75 Å². The molecule has 0 bridgehead atoms. The van der Waals surface area contributed by atoms with E-state index in [0.717, 1.165) is 0 Å². The van der Waals surface area contributed by atoms with Crippen LogP contribution in [-0.4, -0.2) is 44.6 Å². The zero-order valence-electron chi connectivity index (χ0n) is 12.6. The van der Waals surface area contributed by atoms with Crippen molar-refractivity contribution in [2.75, 3.05) is 5.75 Å². The quantitative estimate of drug-likeness (QED) is 0.869. The number of benzene rings is 1. The SMILES string of the molecule is CC(C)(C)OC(=O)N1[C@@H](c2ccccc2O)SC[C@H]1C(=O)O. The van der Waals surface area contributed by atoms with E-state index in [2.05, 4.69) is 0 Å². The zero-order chi connectivity index (χ0) is 16.5. The van der Waals surface area contributed by atoms with Gasteiger partial charge in [0.2, 0.25) is 0 Å². The molecule has 22 heavy (non-hydrogen) atoms. The number of aromatic hydroxyl groups is 1. The number of aliphatic carboxylic acids is 1. The lowest BCUT2D eigenvalue weighted by atomic mass is 10.1. The number of amides is 1. The van der Waals surface area contributed by atoms with Gasteiger partial charge in [0.25, 0.3) is 0 Å². The molecule has 1 heterocycles. The summed E-state index contributed by atoms with van der Waals surface area (Å²) in [5, 5.41) is 18.7. The summed E-state index contributed by atoms with van der Waals surface area (Å²) in [6.45, 7) is 5.16. The molecule has 0 saturated carbocycles. The van der Waals surface area contributed by atoms with Gasteiger partial charge in [0.05, 0.1) is 0 Å². The summed E-state index contributed by atoms with van der Waals surface area (Å²) in [7, 11) is 0. The smallest absolute Gasteiger partial charge is 0.412 e. The lowest BCUT2D eigenvalue weighted by molar-refractivity contribution is -0.142. The van der Waals surface area contributed by atoms with Crippen LogP contribution in [0.5, 0.6) is 5.75 Å². The van der Waals surface area contributed by atoms with Gasteiger partial charge in [-0.3, -0.25) is 4.90 Å². The van der Waals surface area contributed by atoms with Gasteiger partial charge in [0.15, 0.2) is 0 Å². The number of carbonyl (C=O) groups excluding carboxylic acids is 1. The van der Waals surface area contributed by atoms with Gasteiger partial charge in [0.1, 0.15) is 22.8 Å². The molecule has 1 aromatic rings. The number of hydrogen-bond acceptors (Lipinski definition) is 5. The van der Waals surface area contributed by atoms with Gasteiger partial charge >= 0.3 is 12.1 Å². The largest absolute Gasteiger partial charge is 0.508 e. The van der Waals surface area contributed by atoms with E-state index >= 15 is 0 Å². The van der Waals surface area contributed by atoms with Crippen molar-refractivity contribution in [2.24, 2.45) is 0 Å². The van der Waals surface area contributed by atoms with Gasteiger partial charge < -0.3 is 14.9 Å². The number of carboxylic acids is 1. The maximum Gasteiger partial charge on any atom is 0.412 e. The third kappa shape index (κ3) is 3.47. The van der Waals surface area contributed by atoms with Crippen molar-refractivity contribution < 1.29 is 24.5 Å². The fourth-order valence-corrected chi connectivity index (χ4v) is 3.61. The molecule has 1 aliphatic heterocycles. The molecule has 1 aliphatic rings. The molecule has 0 radical (unpaired) electrons. The minimum absolute atomic E-state index is 0.0274. The number of ether oxygens (including phenoxy) is 1. The number of phenols is 1. The molecule has 0 unspecified atom stereocenters. The van der Waals surface area contributed by atoms with Crippen LogP contribution < -0.4 is 0 Å². The summed E-state index contributed by atoms with van der Waals surface area (Å²) < 4.78 is 5.32. The third-order valence-corrected chi connectivity index (χ3v) is 4.40. The van der Waals surface area contributed by atoms with Crippen LogP contribution in [0.4, 0.5) is 4.79 Å². The number of carbonyl (C=O) groups is 2. The van der Waals surface area contributed by atoms with Crippen LogP contribution >= 0.6 is 11.8 Å². The van der Waals surface area contributed by atoms with Crippen molar-refractivity contribution in [1.29, 1.82) is 0 Å². The molecule has 1 aromatic carbocycles. The number of nitrogens with zero attached hydrogens (tertiary/aromatic N) is 1. The molecular formula is C15H19NO5S. The summed E-state index contributed by atoms with van der Waals surface area (Å²) in [6, 6.07) is 5.61. The van der Waals surface area contributed by atoms with Gasteiger partial charge in [-0.25, -0.2) is 9.59 Å². The standard InChI is InChI=1S/C15H19NO5S/c1-15(2,3)21-14(20)16-10(13(18)19)8-22-12(16)9-6-4-5-7-11(9)17/h4-7,10,12,17H,8H2,1-3H3,(H,18,19)/t10-,12+/m0/s1. The molecule has 1 fully saturated rings. The van der Waals surface area contributed by atoms with Crippen molar-refractivity contribution in [3.63, 3.8) is 0 Å². The van der Waals surface area contributed by atoms with E-state index in [4.69, 9.17) is 4.74 Å². The second-order valence-electron chi connectivity index (χ2n) is 5.99. The van der Waals surface area contributed by atoms with Crippen LogP contribution in [0, 0.1) is 0 Å². The first-order valence-electron chi connectivity index (χ1n) is 6.84. The fraction of sp³-hybridized carbons (Fsp3) is 0.467. The number of hydrogen-bond donors (Lipinski definition) is 2. The molecule has 2 N–H and O–H groups in total. The summed E-state index contributed by atoms with van der Waals surface area (Å²) in [4.78, 5) is 25.0. The molecular weight excluding hydrogens is 306 g/mol. The Balaban J connectivity index is 2.35. The third-order valence-electron chi connectivity index (χ3n) is 3.09. The molecule has 2 rings (SSSR count). The minimum Gasteiger partial charge on any atom is -0.508 e. The van der Waals surface area contributed by atoms with E-state index in [9.17, 15) is 19.8 Å². The highest BCUT2D eigenvalue weighted by Gasteiger charge is 2.45. The zero-order valence-corrected chi connectivity index (χ0v) is 13.5. The van der Waals surface area contributed by atoms with Crippen LogP contribution in [0.1, 0.15) is 31.7 Å². The first-order valence-corrected chi connectivity index (χ1v) is 7.89. The maximum atomic E-state index is 12.4. The maximum absolute atomic E-state index is 12.4. The van der Waals surface area contributed by atoms with E-state index in [0.29, 0.717) is 5.56 Å². The van der Waals surface area contributed by atoms with E-state index in [1.165, 1.54) is 22.7 Å². The predicted molar refractivity (Wildman–Crippen MR) is 82.8 cm³/mol. The number of phenolic OH excluding ortho intramolecular Hbond substituents is 1. The van der Waals surface area contributed by atoms with E-state index in [1.807, 2.05) is 0 Å². The number of thioether (sulfide) groups is 1. The number of rotatable bonds is 2. The normalized spacial score (nSPS) is 21.7. The molecule has 0 aliphatic carbocycles. The van der Waals surface area contributed by atoms with Crippen LogP contribution in [0.3, 0.4) is 0 Å². The summed E-state index contributed by atoms with van der Waals surface area (Å²) in [6.07, 6.45) is -0.696. The second-order valence-corrected chi connectivity index (χ2v) is 7.10. The Hall–Kier alpha value is -1.89. The van der Waals surface area contributed by atoms with Gasteiger partial charge in [-0.2, -0.15) is 0 Å². The molecule has 0 spiro atoms. The van der Waals surface area contributed by atoms with Gasteiger partial charge in [-0.1, -0.05) is 18.2 Å². The molecule has 1 amide bonds. The predicted octanol–water partition coefficient (Wildman–Crippen LogP) is 2.83. The van der Waals surface area contributed by atoms with Crippen LogP contribution in [-0.2, 0) is 9.53 Å². The second kappa shape index (κ2) is 6.08. The van der Waals surface area contributed by atoms with E-state index in [-0.39, 0.29) is 11.5 Å². The van der Waals surface area contributed by atoms with Crippen LogP contribution in [0.25, 0.3) is 0 Å². The van der Waals surface area contributed by atoms with Crippen molar-refractivity contribution >= 4 is 23.8 Å². The average Bonchev–Trinajstić information content (AvgIpc) is 2.82. The Kier molecular flexibility index (Phi) is 4.55. The Labute approximate surface area is 133 Å². The van der Waals surface area contributed by atoms with Crippen LogP contribution in [0.2, 0.25) is 0 Å². The topological polar surface area (TPSA) is 87.1 Å². The monoisotopic (exact) mass is 325 g/mol. The molecule has 6 nitrogen and oxygen atoms in total. The van der Waals surface area contributed by atoms with Gasteiger partial charge in [0, 0.05) is 11.3 Å². The minimum atomic E-state index is -1.09. The average molecular weight is 325 g/mol. The first kappa shape index (κ1) is 16.5. The summed E-state index contributed by atoms with van der Waals surface area (Å²) in [5.74, 6) is -0.816. The Morgan fingerprint density at radius 3 is 2.50 bits per heavy atom. The van der Waals surface area contributed by atoms with Gasteiger partial charge in [-0.05, 0) is 26.8 Å². The van der Waals surface area contributed by atoms with Crippen molar-refractivity contribution in [2.45, 2.75) is 37.8 Å². The van der Waals surface area contributed by atoms with E-state index < -0.39 is 29.1 Å². The van der Waals surface area contributed by atoms with Gasteiger partial charge in [-0.15, -0.1) is 11.8 Å². The summed E-state index contributed by atoms with van der Waals surface area (Å²) >= 11 is 1.29.